The molecule has 3 N–H and O–H groups in total. The van der Waals surface area contributed by atoms with Crippen LogP contribution in [0.15, 0.2) is 36.4 Å². The molecule has 4 nitrogen and oxygen atoms in total. The third-order valence-corrected chi connectivity index (χ3v) is 5.42. The number of aliphatic hydroxyl groups excluding tert-OH is 2. The number of hydrogen-bond donors (Lipinski definition) is 3. The lowest BCUT2D eigenvalue weighted by molar-refractivity contribution is 0.153. The summed E-state index contributed by atoms with van der Waals surface area (Å²) in [6.45, 7) is 1.97. The summed E-state index contributed by atoms with van der Waals surface area (Å²) in [5.74, 6) is 0. The van der Waals surface area contributed by atoms with Gasteiger partial charge < -0.3 is 20.1 Å². The molecule has 3 aromatic rings. The van der Waals surface area contributed by atoms with Crippen LogP contribution in [0.5, 0.6) is 0 Å². The highest BCUT2D eigenvalue weighted by molar-refractivity contribution is 14.1. The number of rotatable bonds is 7. The van der Waals surface area contributed by atoms with Crippen molar-refractivity contribution < 1.29 is 10.2 Å². The number of benzene rings is 2. The Hall–Kier alpha value is -0.420. The Balaban J connectivity index is 1.93. The van der Waals surface area contributed by atoms with Crippen LogP contribution in [-0.4, -0.2) is 40.6 Å². The topological polar surface area (TPSA) is 57.4 Å². The highest BCUT2D eigenvalue weighted by Gasteiger charge is 2.14. The number of aromatic nitrogens is 1. The standard InChI is InChI=1S/C18H20I2N2O2/c19-12-2-4-17-15(8-12)16-9-13(20)3-5-18(16)22(17)11-14(24)10-21-6-1-7-23/h2-5,8-9,14,21,23-24H,1,6-7,10-11H2/t14-/m1/s1. The largest absolute Gasteiger partial charge is 0.396 e. The van der Waals surface area contributed by atoms with Crippen LogP contribution in [0.4, 0.5) is 0 Å². The molecule has 1 heterocycles. The van der Waals surface area contributed by atoms with Crippen molar-refractivity contribution in [1.82, 2.24) is 9.88 Å². The zero-order valence-electron chi connectivity index (χ0n) is 13.2. The van der Waals surface area contributed by atoms with E-state index in [1.807, 2.05) is 0 Å². The van der Waals surface area contributed by atoms with Crippen LogP contribution in [0.3, 0.4) is 0 Å². The molecule has 0 saturated heterocycles. The molecule has 0 aliphatic rings. The van der Waals surface area contributed by atoms with Crippen molar-refractivity contribution in [1.29, 1.82) is 0 Å². The van der Waals surface area contributed by atoms with E-state index in [0.717, 1.165) is 17.6 Å². The van der Waals surface area contributed by atoms with E-state index in [0.29, 0.717) is 19.5 Å². The van der Waals surface area contributed by atoms with E-state index in [9.17, 15) is 5.11 Å². The predicted octanol–water partition coefficient (Wildman–Crippen LogP) is 3.34. The number of hydrogen-bond acceptors (Lipinski definition) is 3. The fraction of sp³-hybridized carbons (Fsp3) is 0.333. The van der Waals surface area contributed by atoms with Crippen molar-refractivity contribution in [2.24, 2.45) is 0 Å². The van der Waals surface area contributed by atoms with Gasteiger partial charge in [-0.1, -0.05) is 0 Å². The molecule has 128 valence electrons. The molecule has 1 aromatic heterocycles. The molecule has 0 fully saturated rings. The second-order valence-electron chi connectivity index (χ2n) is 5.87. The highest BCUT2D eigenvalue weighted by atomic mass is 127. The molecule has 0 bridgehead atoms. The molecular formula is C18H20I2N2O2. The quantitative estimate of drug-likeness (QED) is 0.313. The Bertz CT molecular complexity index is 789. The summed E-state index contributed by atoms with van der Waals surface area (Å²) in [5, 5.41) is 24.9. The Labute approximate surface area is 168 Å². The molecule has 0 aliphatic heterocycles. The first-order chi connectivity index (χ1) is 11.6. The Morgan fingerprint density at radius 3 is 2.12 bits per heavy atom. The summed E-state index contributed by atoms with van der Waals surface area (Å²) in [6.07, 6.45) is 0.236. The fourth-order valence-electron chi connectivity index (χ4n) is 2.99. The maximum absolute atomic E-state index is 10.4. The monoisotopic (exact) mass is 550 g/mol. The minimum Gasteiger partial charge on any atom is -0.396 e. The molecule has 0 aliphatic carbocycles. The zero-order valence-corrected chi connectivity index (χ0v) is 17.5. The van der Waals surface area contributed by atoms with Gasteiger partial charge in [0.25, 0.3) is 0 Å². The molecule has 1 atom stereocenters. The van der Waals surface area contributed by atoms with Crippen LogP contribution in [0, 0.1) is 7.14 Å². The molecular weight excluding hydrogens is 530 g/mol. The molecule has 0 spiro atoms. The number of halogens is 2. The van der Waals surface area contributed by atoms with E-state index in [-0.39, 0.29) is 6.61 Å². The lowest BCUT2D eigenvalue weighted by Crippen LogP contribution is -2.31. The fourth-order valence-corrected chi connectivity index (χ4v) is 3.98. The lowest BCUT2D eigenvalue weighted by Gasteiger charge is -2.15. The minimum absolute atomic E-state index is 0.174. The molecule has 2 aromatic carbocycles. The maximum atomic E-state index is 10.4. The second kappa shape index (κ2) is 8.31. The lowest BCUT2D eigenvalue weighted by atomic mass is 10.2. The number of nitrogens with zero attached hydrogens (tertiary/aromatic N) is 1. The molecule has 6 heteroatoms. The average molecular weight is 550 g/mol. The van der Waals surface area contributed by atoms with E-state index >= 15 is 0 Å². The van der Waals surface area contributed by atoms with Crippen LogP contribution in [0.2, 0.25) is 0 Å². The van der Waals surface area contributed by atoms with Gasteiger partial charge in [0.05, 0.1) is 12.6 Å². The van der Waals surface area contributed by atoms with Crippen molar-refractivity contribution in [3.8, 4) is 0 Å². The van der Waals surface area contributed by atoms with Gasteiger partial charge in [0.15, 0.2) is 0 Å². The third-order valence-electron chi connectivity index (χ3n) is 4.07. The second-order valence-corrected chi connectivity index (χ2v) is 8.36. The van der Waals surface area contributed by atoms with Crippen molar-refractivity contribution in [2.75, 3.05) is 19.7 Å². The van der Waals surface area contributed by atoms with E-state index in [2.05, 4.69) is 91.5 Å². The van der Waals surface area contributed by atoms with Crippen LogP contribution in [-0.2, 0) is 6.54 Å². The van der Waals surface area contributed by atoms with Gasteiger partial charge in [-0.15, -0.1) is 0 Å². The molecule has 0 unspecified atom stereocenters. The Kier molecular flexibility index (Phi) is 6.36. The van der Waals surface area contributed by atoms with Crippen LogP contribution >= 0.6 is 45.2 Å². The first kappa shape index (κ1) is 18.4. The van der Waals surface area contributed by atoms with Gasteiger partial charge >= 0.3 is 0 Å². The average Bonchev–Trinajstić information content (AvgIpc) is 2.84. The number of nitrogens with one attached hydrogen (secondary N) is 1. The summed E-state index contributed by atoms with van der Waals surface area (Å²) in [5.41, 5.74) is 2.31. The van der Waals surface area contributed by atoms with Gasteiger partial charge in [-0.05, 0) is 94.5 Å². The Morgan fingerprint density at radius 1 is 1.00 bits per heavy atom. The first-order valence-electron chi connectivity index (χ1n) is 7.97. The summed E-state index contributed by atoms with van der Waals surface area (Å²) in [4.78, 5) is 0. The van der Waals surface area contributed by atoms with Crippen LogP contribution < -0.4 is 5.32 Å². The summed E-state index contributed by atoms with van der Waals surface area (Å²) in [7, 11) is 0. The predicted molar refractivity (Wildman–Crippen MR) is 115 cm³/mol. The molecule has 0 radical (unpaired) electrons. The van der Waals surface area contributed by atoms with Gasteiger partial charge in [0, 0.05) is 42.1 Å². The van der Waals surface area contributed by atoms with Crippen LogP contribution in [0.25, 0.3) is 21.8 Å². The SMILES string of the molecule is OCCCNC[C@@H](O)Cn1c2ccc(I)cc2c2cc(I)ccc21. The first-order valence-corrected chi connectivity index (χ1v) is 10.1. The smallest absolute Gasteiger partial charge is 0.0843 e. The minimum atomic E-state index is -0.471. The van der Waals surface area contributed by atoms with Crippen molar-refractivity contribution in [3.63, 3.8) is 0 Å². The van der Waals surface area contributed by atoms with E-state index in [1.165, 1.54) is 17.9 Å². The Morgan fingerprint density at radius 2 is 1.58 bits per heavy atom. The van der Waals surface area contributed by atoms with Gasteiger partial charge in [-0.3, -0.25) is 0 Å². The van der Waals surface area contributed by atoms with Crippen molar-refractivity contribution in [2.45, 2.75) is 19.1 Å². The van der Waals surface area contributed by atoms with Gasteiger partial charge in [-0.25, -0.2) is 0 Å². The zero-order chi connectivity index (χ0) is 17.1. The maximum Gasteiger partial charge on any atom is 0.0843 e. The molecule has 0 amide bonds. The summed E-state index contributed by atoms with van der Waals surface area (Å²) >= 11 is 4.68. The molecule has 24 heavy (non-hydrogen) atoms. The van der Waals surface area contributed by atoms with Crippen molar-refractivity contribution in [3.05, 3.63) is 43.5 Å². The van der Waals surface area contributed by atoms with E-state index in [1.54, 1.807) is 0 Å². The summed E-state index contributed by atoms with van der Waals surface area (Å²) in [6, 6.07) is 12.9. The van der Waals surface area contributed by atoms with Crippen LogP contribution in [0.1, 0.15) is 6.42 Å². The van der Waals surface area contributed by atoms with Gasteiger partial charge in [-0.2, -0.15) is 0 Å². The summed E-state index contributed by atoms with van der Waals surface area (Å²) < 4.78 is 4.63. The molecule has 3 rings (SSSR count). The van der Waals surface area contributed by atoms with E-state index in [4.69, 9.17) is 5.11 Å². The molecule has 0 saturated carbocycles. The number of fused-ring (bicyclic) bond motifs is 3. The van der Waals surface area contributed by atoms with Crippen molar-refractivity contribution >= 4 is 67.0 Å². The van der Waals surface area contributed by atoms with Gasteiger partial charge in [0.2, 0.25) is 0 Å². The van der Waals surface area contributed by atoms with E-state index < -0.39 is 6.10 Å². The van der Waals surface area contributed by atoms with Gasteiger partial charge in [0.1, 0.15) is 0 Å². The number of aliphatic hydroxyl groups is 2. The third kappa shape index (κ3) is 4.04. The normalized spacial score (nSPS) is 13.0. The highest BCUT2D eigenvalue weighted by Crippen LogP contribution is 2.31.